The van der Waals surface area contributed by atoms with Crippen LogP contribution in [0.15, 0.2) is 0 Å². The molecule has 0 aromatic heterocycles. The lowest BCUT2D eigenvalue weighted by atomic mass is 9.90. The molecule has 4 heteroatoms. The highest BCUT2D eigenvalue weighted by Gasteiger charge is 2.17. The Morgan fingerprint density at radius 2 is 1.82 bits per heavy atom. The van der Waals surface area contributed by atoms with E-state index in [0.29, 0.717) is 0 Å². The normalized spacial score (nSPS) is 19.8. The first-order valence-electron chi connectivity index (χ1n) is 6.76. The monoisotopic (exact) mass is 243 g/mol. The number of hydrogen-bond donors (Lipinski definition) is 2. The third-order valence-corrected chi connectivity index (χ3v) is 3.59. The minimum atomic E-state index is 0.205. The number of likely N-dealkylation sites (N-methyl/N-ethyl adjacent to an activating group) is 1. The minimum absolute atomic E-state index is 0.205. The lowest BCUT2D eigenvalue weighted by Crippen LogP contribution is -2.47. The molecule has 1 fully saturated rings. The second-order valence-electron chi connectivity index (χ2n) is 5.96. The van der Waals surface area contributed by atoms with E-state index in [4.69, 9.17) is 5.11 Å². The molecule has 0 aromatic carbocycles. The molecule has 1 aliphatic heterocycles. The standard InChI is InChI=1S/C13H29N3O/c1-13(2,4-11-17)12-14-5-6-16-9-7-15(3)8-10-16/h14,17H,4-12H2,1-3H3. The molecule has 0 unspecified atom stereocenters. The molecule has 1 aliphatic rings. The topological polar surface area (TPSA) is 38.7 Å². The zero-order chi connectivity index (χ0) is 12.7. The minimum Gasteiger partial charge on any atom is -0.396 e. The molecule has 2 N–H and O–H groups in total. The lowest BCUT2D eigenvalue weighted by molar-refractivity contribution is 0.152. The van der Waals surface area contributed by atoms with E-state index in [9.17, 15) is 0 Å². The molecule has 4 nitrogen and oxygen atoms in total. The van der Waals surface area contributed by atoms with Crippen molar-refractivity contribution in [3.63, 3.8) is 0 Å². The number of aliphatic hydroxyl groups is 1. The van der Waals surface area contributed by atoms with Crippen molar-refractivity contribution in [3.8, 4) is 0 Å². The molecule has 0 bridgehead atoms. The highest BCUT2D eigenvalue weighted by atomic mass is 16.3. The zero-order valence-corrected chi connectivity index (χ0v) is 11.7. The Bertz CT molecular complexity index is 201. The Balaban J connectivity index is 2.04. The molecule has 0 aliphatic carbocycles. The van der Waals surface area contributed by atoms with Gasteiger partial charge in [-0.05, 0) is 18.9 Å². The van der Waals surface area contributed by atoms with Crippen molar-refractivity contribution >= 4 is 0 Å². The summed E-state index contributed by atoms with van der Waals surface area (Å²) < 4.78 is 0. The molecule has 0 atom stereocenters. The van der Waals surface area contributed by atoms with Gasteiger partial charge in [0.15, 0.2) is 0 Å². The van der Waals surface area contributed by atoms with E-state index in [0.717, 1.165) is 26.1 Å². The summed E-state index contributed by atoms with van der Waals surface area (Å²) in [6.07, 6.45) is 0.870. The van der Waals surface area contributed by atoms with Crippen molar-refractivity contribution in [2.24, 2.45) is 5.41 Å². The van der Waals surface area contributed by atoms with Gasteiger partial charge in [0.1, 0.15) is 0 Å². The first kappa shape index (κ1) is 14.9. The van der Waals surface area contributed by atoms with Gasteiger partial charge in [0.25, 0.3) is 0 Å². The first-order valence-corrected chi connectivity index (χ1v) is 6.76. The Kier molecular flexibility index (Phi) is 6.41. The van der Waals surface area contributed by atoms with Crippen LogP contribution in [-0.4, -0.2) is 74.4 Å². The summed E-state index contributed by atoms with van der Waals surface area (Å²) in [5.41, 5.74) is 0.205. The van der Waals surface area contributed by atoms with E-state index in [-0.39, 0.29) is 12.0 Å². The smallest absolute Gasteiger partial charge is 0.0436 e. The van der Waals surface area contributed by atoms with E-state index in [1.807, 2.05) is 0 Å². The van der Waals surface area contributed by atoms with Crippen molar-refractivity contribution in [3.05, 3.63) is 0 Å². The summed E-state index contributed by atoms with van der Waals surface area (Å²) in [5.74, 6) is 0. The fraction of sp³-hybridized carbons (Fsp3) is 1.00. The molecule has 0 spiro atoms. The van der Waals surface area contributed by atoms with Gasteiger partial charge in [-0.1, -0.05) is 13.8 Å². The molecule has 1 rings (SSSR count). The molecule has 0 aromatic rings. The summed E-state index contributed by atoms with van der Waals surface area (Å²) in [5, 5.41) is 12.4. The lowest BCUT2D eigenvalue weighted by Gasteiger charge is -2.32. The second-order valence-corrected chi connectivity index (χ2v) is 5.96. The Hall–Kier alpha value is -0.160. The van der Waals surface area contributed by atoms with Crippen molar-refractivity contribution in [1.82, 2.24) is 15.1 Å². The van der Waals surface area contributed by atoms with Gasteiger partial charge >= 0.3 is 0 Å². The molecule has 0 radical (unpaired) electrons. The second kappa shape index (κ2) is 7.31. The average Bonchev–Trinajstić information content (AvgIpc) is 2.27. The summed E-state index contributed by atoms with van der Waals surface area (Å²) in [7, 11) is 2.19. The number of rotatable bonds is 7. The number of nitrogens with one attached hydrogen (secondary N) is 1. The number of aliphatic hydroxyl groups excluding tert-OH is 1. The van der Waals surface area contributed by atoms with E-state index < -0.39 is 0 Å². The van der Waals surface area contributed by atoms with Crippen LogP contribution in [0.5, 0.6) is 0 Å². The summed E-state index contributed by atoms with van der Waals surface area (Å²) in [6.45, 7) is 12.6. The third kappa shape index (κ3) is 6.36. The molecular formula is C13H29N3O. The molecule has 17 heavy (non-hydrogen) atoms. The van der Waals surface area contributed by atoms with Crippen LogP contribution < -0.4 is 5.32 Å². The maximum absolute atomic E-state index is 8.95. The van der Waals surface area contributed by atoms with Crippen LogP contribution in [0, 0.1) is 5.41 Å². The fourth-order valence-corrected chi connectivity index (χ4v) is 2.13. The van der Waals surface area contributed by atoms with Crippen LogP contribution in [0.3, 0.4) is 0 Å². The summed E-state index contributed by atoms with van der Waals surface area (Å²) >= 11 is 0. The predicted molar refractivity (Wildman–Crippen MR) is 72.3 cm³/mol. The van der Waals surface area contributed by atoms with Crippen LogP contribution in [0.25, 0.3) is 0 Å². The van der Waals surface area contributed by atoms with Crippen LogP contribution in [0.2, 0.25) is 0 Å². The number of hydrogen-bond acceptors (Lipinski definition) is 4. The van der Waals surface area contributed by atoms with Crippen LogP contribution >= 0.6 is 0 Å². The fourth-order valence-electron chi connectivity index (χ4n) is 2.13. The molecule has 1 saturated heterocycles. The molecule has 0 amide bonds. The van der Waals surface area contributed by atoms with E-state index in [1.54, 1.807) is 0 Å². The predicted octanol–water partition coefficient (Wildman–Crippen LogP) is 0.232. The van der Waals surface area contributed by atoms with Crippen LogP contribution in [-0.2, 0) is 0 Å². The van der Waals surface area contributed by atoms with Crippen LogP contribution in [0.4, 0.5) is 0 Å². The van der Waals surface area contributed by atoms with Gasteiger partial charge in [-0.3, -0.25) is 4.90 Å². The van der Waals surface area contributed by atoms with Gasteiger partial charge in [-0.25, -0.2) is 0 Å². The van der Waals surface area contributed by atoms with Gasteiger partial charge in [-0.2, -0.15) is 0 Å². The molecule has 0 saturated carbocycles. The third-order valence-electron chi connectivity index (χ3n) is 3.59. The van der Waals surface area contributed by atoms with Gasteiger partial charge in [0.05, 0.1) is 0 Å². The van der Waals surface area contributed by atoms with Crippen molar-refractivity contribution in [2.45, 2.75) is 20.3 Å². The van der Waals surface area contributed by atoms with E-state index in [2.05, 4.69) is 36.0 Å². The maximum atomic E-state index is 8.95. The Morgan fingerprint density at radius 1 is 1.18 bits per heavy atom. The summed E-state index contributed by atoms with van der Waals surface area (Å²) in [4.78, 5) is 4.90. The van der Waals surface area contributed by atoms with E-state index >= 15 is 0 Å². The zero-order valence-electron chi connectivity index (χ0n) is 11.7. The van der Waals surface area contributed by atoms with Gasteiger partial charge < -0.3 is 15.3 Å². The average molecular weight is 243 g/mol. The van der Waals surface area contributed by atoms with E-state index in [1.165, 1.54) is 26.2 Å². The largest absolute Gasteiger partial charge is 0.396 e. The molecule has 1 heterocycles. The number of piperazine rings is 1. The SMILES string of the molecule is CN1CCN(CCNCC(C)(C)CCO)CC1. The maximum Gasteiger partial charge on any atom is 0.0436 e. The van der Waals surface area contributed by atoms with Gasteiger partial charge in [0, 0.05) is 52.4 Å². The van der Waals surface area contributed by atoms with Gasteiger partial charge in [0.2, 0.25) is 0 Å². The molecule has 102 valence electrons. The highest BCUT2D eigenvalue weighted by molar-refractivity contribution is 4.73. The quantitative estimate of drug-likeness (QED) is 0.628. The number of nitrogens with zero attached hydrogens (tertiary/aromatic N) is 2. The summed E-state index contributed by atoms with van der Waals surface area (Å²) in [6, 6.07) is 0. The Morgan fingerprint density at radius 3 is 2.41 bits per heavy atom. The Labute approximate surface area is 106 Å². The van der Waals surface area contributed by atoms with Gasteiger partial charge in [-0.15, -0.1) is 0 Å². The van der Waals surface area contributed by atoms with Crippen LogP contribution in [0.1, 0.15) is 20.3 Å². The van der Waals surface area contributed by atoms with Crippen molar-refractivity contribution in [2.75, 3.05) is 59.5 Å². The van der Waals surface area contributed by atoms with Crippen molar-refractivity contribution in [1.29, 1.82) is 0 Å². The first-order chi connectivity index (χ1) is 8.03. The van der Waals surface area contributed by atoms with Crippen molar-refractivity contribution < 1.29 is 5.11 Å². The molecular weight excluding hydrogens is 214 g/mol. The highest BCUT2D eigenvalue weighted by Crippen LogP contribution is 2.17.